The van der Waals surface area contributed by atoms with Crippen LogP contribution in [0, 0.1) is 0 Å². The van der Waals surface area contributed by atoms with Gasteiger partial charge in [-0.3, -0.25) is 9.69 Å². The van der Waals surface area contributed by atoms with Crippen LogP contribution in [0.3, 0.4) is 0 Å². The van der Waals surface area contributed by atoms with Crippen LogP contribution in [0.2, 0.25) is 0 Å². The number of hydrogen-bond donors (Lipinski definition) is 5. The largest absolute Gasteiger partial charge is 0.444 e. The average molecular weight is 861 g/mol. The Hall–Kier alpha value is -2.77. The summed E-state index contributed by atoms with van der Waals surface area (Å²) in [5, 5.41) is 35.8. The van der Waals surface area contributed by atoms with Crippen LogP contribution in [0.5, 0.6) is 0 Å². The lowest BCUT2D eigenvalue weighted by molar-refractivity contribution is -0.238. The quantitative estimate of drug-likeness (QED) is 0.0412. The fourth-order valence-electron chi connectivity index (χ4n) is 8.33. The van der Waals surface area contributed by atoms with E-state index in [4.69, 9.17) is 15.2 Å². The number of ether oxygens (including phenoxy) is 2. The van der Waals surface area contributed by atoms with E-state index in [-0.39, 0.29) is 13.2 Å². The Kier molecular flexibility index (Phi) is 31.8. The maximum absolute atomic E-state index is 14.1. The van der Waals surface area contributed by atoms with Crippen molar-refractivity contribution in [3.8, 4) is 0 Å². The number of urea groups is 1. The van der Waals surface area contributed by atoms with E-state index in [2.05, 4.69) is 19.2 Å². The first-order valence-corrected chi connectivity index (χ1v) is 24.7. The molecular formula is C49H88N4O8. The Labute approximate surface area is 370 Å². The molecule has 0 aromatic heterocycles. The van der Waals surface area contributed by atoms with Crippen molar-refractivity contribution < 1.29 is 39.2 Å². The Morgan fingerprint density at radius 1 is 0.656 bits per heavy atom. The highest BCUT2D eigenvalue weighted by Gasteiger charge is 2.53. The predicted molar refractivity (Wildman–Crippen MR) is 245 cm³/mol. The summed E-state index contributed by atoms with van der Waals surface area (Å²) in [5.41, 5.74) is 6.46. The average Bonchev–Trinajstić information content (AvgIpc) is 3.27. The molecule has 1 saturated heterocycles. The summed E-state index contributed by atoms with van der Waals surface area (Å²) in [6, 6.07) is 6.90. The number of nitrogens with two attached hydrogens (primary N) is 1. The van der Waals surface area contributed by atoms with Crippen LogP contribution in [0.1, 0.15) is 199 Å². The molecule has 1 aromatic rings. The molecule has 1 aliphatic rings. The normalized spacial score (nSPS) is 18.8. The molecule has 0 saturated carbocycles. The molecule has 61 heavy (non-hydrogen) atoms. The van der Waals surface area contributed by atoms with Crippen LogP contribution in [0.25, 0.3) is 0 Å². The molecule has 12 heteroatoms. The molecule has 1 heterocycles. The molecule has 352 valence electrons. The monoisotopic (exact) mass is 861 g/mol. The first kappa shape index (κ1) is 54.4. The topological polar surface area (TPSA) is 175 Å². The molecule has 12 nitrogen and oxygen atoms in total. The molecule has 1 fully saturated rings. The number of nitrogens with one attached hydrogen (secondary N) is 1. The Morgan fingerprint density at radius 3 is 1.54 bits per heavy atom. The summed E-state index contributed by atoms with van der Waals surface area (Å²) in [7, 11) is 0. The van der Waals surface area contributed by atoms with Gasteiger partial charge >= 0.3 is 12.1 Å². The second kappa shape index (κ2) is 35.7. The van der Waals surface area contributed by atoms with Crippen LogP contribution in [0.15, 0.2) is 30.3 Å². The number of carbonyl (C=O) groups is 3. The Bertz CT molecular complexity index is 1240. The lowest BCUT2D eigenvalue weighted by Crippen LogP contribution is -2.71. The Balaban J connectivity index is 2.02. The van der Waals surface area contributed by atoms with Crippen LogP contribution in [-0.4, -0.2) is 100.0 Å². The van der Waals surface area contributed by atoms with E-state index in [0.717, 1.165) is 44.9 Å². The number of benzene rings is 1. The molecule has 6 N–H and O–H groups in total. The van der Waals surface area contributed by atoms with E-state index >= 15 is 0 Å². The molecule has 0 bridgehead atoms. The number of aliphatic hydroxyl groups is 3. The summed E-state index contributed by atoms with van der Waals surface area (Å²) in [4.78, 5) is 43.3. The molecule has 0 unspecified atom stereocenters. The minimum atomic E-state index is -1.77. The second-order valence-electron chi connectivity index (χ2n) is 17.3. The van der Waals surface area contributed by atoms with Crippen molar-refractivity contribution in [2.45, 2.75) is 231 Å². The summed E-state index contributed by atoms with van der Waals surface area (Å²) in [6.07, 6.45) is 26.4. The fourth-order valence-corrected chi connectivity index (χ4v) is 8.33. The standard InChI is InChI=1S/C49H88N4O8/c1-3-5-7-9-11-13-15-17-18-19-20-21-23-25-27-32-36-51-48(58)52(37-33-28-26-24-22-16-14-12-10-8-6-4-2)47-44(46(57)45(56)42(39-54)61-47)53(43(55)38-50)49(59)60-40-41-34-30-29-31-35-41/h29-31,34-35,42,44-47,54,56-57H,3-28,32-33,36-40,50H2,1-2H3,(H,51,58)/t42-,44-,45-,46-,47-/m1/s1. The van der Waals surface area contributed by atoms with Gasteiger partial charge in [0.05, 0.1) is 13.2 Å². The number of amides is 4. The van der Waals surface area contributed by atoms with Gasteiger partial charge in [-0.25, -0.2) is 14.5 Å². The maximum atomic E-state index is 14.1. The molecule has 0 radical (unpaired) electrons. The highest BCUT2D eigenvalue weighted by Crippen LogP contribution is 2.29. The third-order valence-corrected chi connectivity index (χ3v) is 12.1. The summed E-state index contributed by atoms with van der Waals surface area (Å²) >= 11 is 0. The zero-order valence-corrected chi connectivity index (χ0v) is 38.5. The fraction of sp³-hybridized carbons (Fsp3) is 0.816. The number of unbranched alkanes of at least 4 members (excludes halogenated alkanes) is 26. The van der Waals surface area contributed by atoms with Crippen molar-refractivity contribution in [2.24, 2.45) is 5.73 Å². The van der Waals surface area contributed by atoms with Gasteiger partial charge in [0.1, 0.15) is 31.0 Å². The SMILES string of the molecule is CCCCCCCCCCCCCCCCCCNC(=O)N(CCCCCCCCCCCCCC)[C@@H]1O[C@H](CO)[C@@H](O)[C@H](O)[C@H]1N(C(=O)CN)C(=O)OCc1ccccc1. The molecule has 0 spiro atoms. The number of aliphatic hydroxyl groups excluding tert-OH is 3. The number of carbonyl (C=O) groups excluding carboxylic acids is 3. The van der Waals surface area contributed by atoms with Gasteiger partial charge < -0.3 is 35.8 Å². The highest BCUT2D eigenvalue weighted by molar-refractivity contribution is 5.93. The number of nitrogens with zero attached hydrogens (tertiary/aromatic N) is 2. The first-order valence-electron chi connectivity index (χ1n) is 24.7. The van der Waals surface area contributed by atoms with E-state index in [1.165, 1.54) is 133 Å². The summed E-state index contributed by atoms with van der Waals surface area (Å²) < 4.78 is 11.7. The van der Waals surface area contributed by atoms with Gasteiger partial charge in [0.2, 0.25) is 5.91 Å². The number of hydrogen-bond acceptors (Lipinski definition) is 9. The Morgan fingerprint density at radius 2 is 1.10 bits per heavy atom. The molecule has 4 amide bonds. The zero-order chi connectivity index (χ0) is 44.3. The van der Waals surface area contributed by atoms with Crippen LogP contribution in [0.4, 0.5) is 9.59 Å². The minimum absolute atomic E-state index is 0.160. The van der Waals surface area contributed by atoms with Gasteiger partial charge in [0, 0.05) is 13.1 Å². The van der Waals surface area contributed by atoms with Gasteiger partial charge in [0.15, 0.2) is 6.23 Å². The molecule has 5 atom stereocenters. The van der Waals surface area contributed by atoms with Crippen molar-refractivity contribution in [1.82, 2.24) is 15.1 Å². The lowest BCUT2D eigenvalue weighted by atomic mass is 9.93. The highest BCUT2D eigenvalue weighted by atomic mass is 16.6. The zero-order valence-electron chi connectivity index (χ0n) is 38.5. The van der Waals surface area contributed by atoms with Crippen molar-refractivity contribution in [1.29, 1.82) is 0 Å². The van der Waals surface area contributed by atoms with E-state index < -0.39 is 61.8 Å². The van der Waals surface area contributed by atoms with Gasteiger partial charge in [-0.05, 0) is 18.4 Å². The number of imide groups is 1. The minimum Gasteiger partial charge on any atom is -0.444 e. The maximum Gasteiger partial charge on any atom is 0.417 e. The summed E-state index contributed by atoms with van der Waals surface area (Å²) in [6.45, 7) is 3.70. The molecular weight excluding hydrogens is 773 g/mol. The third-order valence-electron chi connectivity index (χ3n) is 12.1. The first-order chi connectivity index (χ1) is 29.8. The van der Waals surface area contributed by atoms with Crippen LogP contribution in [-0.2, 0) is 20.9 Å². The number of rotatable bonds is 36. The van der Waals surface area contributed by atoms with Crippen LogP contribution >= 0.6 is 0 Å². The van der Waals surface area contributed by atoms with Gasteiger partial charge in [-0.1, -0.05) is 211 Å². The van der Waals surface area contributed by atoms with Crippen molar-refractivity contribution in [3.05, 3.63) is 35.9 Å². The van der Waals surface area contributed by atoms with E-state index in [0.29, 0.717) is 23.4 Å². The van der Waals surface area contributed by atoms with Gasteiger partial charge in [0.25, 0.3) is 0 Å². The van der Waals surface area contributed by atoms with Gasteiger partial charge in [-0.15, -0.1) is 0 Å². The van der Waals surface area contributed by atoms with E-state index in [1.54, 1.807) is 24.3 Å². The molecule has 2 rings (SSSR count). The predicted octanol–water partition coefficient (Wildman–Crippen LogP) is 9.89. The molecule has 1 aromatic carbocycles. The van der Waals surface area contributed by atoms with E-state index in [1.807, 2.05) is 6.07 Å². The van der Waals surface area contributed by atoms with E-state index in [9.17, 15) is 29.7 Å². The lowest BCUT2D eigenvalue weighted by Gasteiger charge is -2.49. The second-order valence-corrected chi connectivity index (χ2v) is 17.3. The molecule has 1 aliphatic heterocycles. The molecule has 0 aliphatic carbocycles. The van der Waals surface area contributed by atoms with Crippen molar-refractivity contribution >= 4 is 18.0 Å². The third kappa shape index (κ3) is 22.9. The van der Waals surface area contributed by atoms with Crippen molar-refractivity contribution in [2.75, 3.05) is 26.2 Å². The van der Waals surface area contributed by atoms with Crippen molar-refractivity contribution in [3.63, 3.8) is 0 Å². The smallest absolute Gasteiger partial charge is 0.417 e. The van der Waals surface area contributed by atoms with Gasteiger partial charge in [-0.2, -0.15) is 0 Å². The summed E-state index contributed by atoms with van der Waals surface area (Å²) in [5.74, 6) is -0.871. The van der Waals surface area contributed by atoms with Crippen LogP contribution < -0.4 is 11.1 Å².